The molecule has 0 bridgehead atoms. The van der Waals surface area contributed by atoms with E-state index in [9.17, 15) is 0 Å². The second kappa shape index (κ2) is 8.02. The van der Waals surface area contributed by atoms with Gasteiger partial charge in [0.2, 0.25) is 0 Å². The van der Waals surface area contributed by atoms with Crippen LogP contribution < -0.4 is 11.5 Å². The molecule has 0 saturated heterocycles. The zero-order valence-electron chi connectivity index (χ0n) is 8.41. The Bertz CT molecular complexity index is 127. The van der Waals surface area contributed by atoms with Gasteiger partial charge in [0.05, 0.1) is 0 Å². The SMILES string of the molecule is C=CCC(N)CCCC(N)CC=C. The summed E-state index contributed by atoms with van der Waals surface area (Å²) in [5.74, 6) is 0. The maximum atomic E-state index is 5.81. The van der Waals surface area contributed by atoms with Crippen molar-refractivity contribution in [3.63, 3.8) is 0 Å². The van der Waals surface area contributed by atoms with Gasteiger partial charge in [-0.05, 0) is 25.7 Å². The van der Waals surface area contributed by atoms with Crippen LogP contribution >= 0.6 is 0 Å². The number of hydrogen-bond acceptors (Lipinski definition) is 2. The van der Waals surface area contributed by atoms with E-state index in [1.54, 1.807) is 0 Å². The van der Waals surface area contributed by atoms with E-state index in [0.29, 0.717) is 0 Å². The van der Waals surface area contributed by atoms with Crippen molar-refractivity contribution in [1.82, 2.24) is 0 Å². The third-order valence-corrected chi connectivity index (χ3v) is 2.09. The maximum Gasteiger partial charge on any atom is 0.00733 e. The number of rotatable bonds is 8. The van der Waals surface area contributed by atoms with Crippen LogP contribution in [0.3, 0.4) is 0 Å². The molecule has 0 amide bonds. The van der Waals surface area contributed by atoms with Gasteiger partial charge >= 0.3 is 0 Å². The van der Waals surface area contributed by atoms with Gasteiger partial charge in [0.25, 0.3) is 0 Å². The zero-order chi connectivity index (χ0) is 10.1. The van der Waals surface area contributed by atoms with Crippen molar-refractivity contribution in [2.45, 2.75) is 44.2 Å². The Kier molecular flexibility index (Phi) is 7.65. The Hall–Kier alpha value is -0.600. The van der Waals surface area contributed by atoms with Crippen LogP contribution in [0.2, 0.25) is 0 Å². The monoisotopic (exact) mass is 182 g/mol. The van der Waals surface area contributed by atoms with Crippen LogP contribution in [0, 0.1) is 0 Å². The lowest BCUT2D eigenvalue weighted by molar-refractivity contribution is 0.520. The van der Waals surface area contributed by atoms with Crippen molar-refractivity contribution < 1.29 is 0 Å². The molecule has 0 aliphatic heterocycles. The molecule has 0 spiro atoms. The first-order valence-corrected chi connectivity index (χ1v) is 4.93. The highest BCUT2D eigenvalue weighted by Gasteiger charge is 2.02. The van der Waals surface area contributed by atoms with Gasteiger partial charge in [-0.25, -0.2) is 0 Å². The predicted octanol–water partition coefficient (Wildman–Crippen LogP) is 1.96. The van der Waals surface area contributed by atoms with Crippen LogP contribution in [0.1, 0.15) is 32.1 Å². The fraction of sp³-hybridized carbons (Fsp3) is 0.636. The minimum Gasteiger partial charge on any atom is -0.327 e. The molecule has 0 aromatic heterocycles. The molecule has 0 aliphatic rings. The van der Waals surface area contributed by atoms with E-state index in [-0.39, 0.29) is 12.1 Å². The predicted molar refractivity (Wildman–Crippen MR) is 59.4 cm³/mol. The summed E-state index contributed by atoms with van der Waals surface area (Å²) in [7, 11) is 0. The molecule has 0 rings (SSSR count). The van der Waals surface area contributed by atoms with E-state index in [4.69, 9.17) is 11.5 Å². The summed E-state index contributed by atoms with van der Waals surface area (Å²) in [6.45, 7) is 7.31. The molecule has 0 aromatic carbocycles. The van der Waals surface area contributed by atoms with Crippen LogP contribution in [-0.2, 0) is 0 Å². The van der Waals surface area contributed by atoms with E-state index >= 15 is 0 Å². The molecular weight excluding hydrogens is 160 g/mol. The molecule has 2 atom stereocenters. The zero-order valence-corrected chi connectivity index (χ0v) is 8.41. The minimum atomic E-state index is 0.258. The number of nitrogens with two attached hydrogens (primary N) is 2. The van der Waals surface area contributed by atoms with Crippen molar-refractivity contribution in [1.29, 1.82) is 0 Å². The fourth-order valence-electron chi connectivity index (χ4n) is 1.31. The molecular formula is C11H22N2. The molecule has 0 aliphatic carbocycles. The Morgan fingerprint density at radius 1 is 0.923 bits per heavy atom. The summed E-state index contributed by atoms with van der Waals surface area (Å²) in [6, 6.07) is 0.516. The van der Waals surface area contributed by atoms with Gasteiger partial charge in [-0.15, -0.1) is 13.2 Å². The van der Waals surface area contributed by atoms with Gasteiger partial charge in [-0.3, -0.25) is 0 Å². The topological polar surface area (TPSA) is 52.0 Å². The van der Waals surface area contributed by atoms with Gasteiger partial charge in [0.15, 0.2) is 0 Å². The summed E-state index contributed by atoms with van der Waals surface area (Å²) in [4.78, 5) is 0. The largest absolute Gasteiger partial charge is 0.327 e. The highest BCUT2D eigenvalue weighted by Crippen LogP contribution is 2.06. The molecule has 76 valence electrons. The first kappa shape index (κ1) is 12.4. The second-order valence-corrected chi connectivity index (χ2v) is 3.50. The highest BCUT2D eigenvalue weighted by molar-refractivity contribution is 4.78. The summed E-state index contributed by atoms with van der Waals surface area (Å²) >= 11 is 0. The summed E-state index contributed by atoms with van der Waals surface area (Å²) in [5, 5.41) is 0. The van der Waals surface area contributed by atoms with Crippen LogP contribution in [-0.4, -0.2) is 12.1 Å². The lowest BCUT2D eigenvalue weighted by Crippen LogP contribution is -2.22. The van der Waals surface area contributed by atoms with Gasteiger partial charge < -0.3 is 11.5 Å². The quantitative estimate of drug-likeness (QED) is 0.564. The molecule has 0 heterocycles. The smallest absolute Gasteiger partial charge is 0.00733 e. The van der Waals surface area contributed by atoms with Gasteiger partial charge in [-0.2, -0.15) is 0 Å². The van der Waals surface area contributed by atoms with Gasteiger partial charge in [0, 0.05) is 12.1 Å². The van der Waals surface area contributed by atoms with Crippen molar-refractivity contribution in [3.05, 3.63) is 25.3 Å². The molecule has 2 heteroatoms. The summed E-state index contributed by atoms with van der Waals surface area (Å²) < 4.78 is 0. The average Bonchev–Trinajstić information content (AvgIpc) is 2.05. The van der Waals surface area contributed by atoms with E-state index < -0.39 is 0 Å². The van der Waals surface area contributed by atoms with Crippen LogP contribution in [0.15, 0.2) is 25.3 Å². The molecule has 13 heavy (non-hydrogen) atoms. The van der Waals surface area contributed by atoms with Gasteiger partial charge in [-0.1, -0.05) is 18.6 Å². The summed E-state index contributed by atoms with van der Waals surface area (Å²) in [6.07, 6.45) is 8.72. The van der Waals surface area contributed by atoms with E-state index in [2.05, 4.69) is 13.2 Å². The van der Waals surface area contributed by atoms with E-state index in [1.807, 2.05) is 12.2 Å². The van der Waals surface area contributed by atoms with Crippen LogP contribution in [0.25, 0.3) is 0 Å². The first-order valence-electron chi connectivity index (χ1n) is 4.93. The maximum absolute atomic E-state index is 5.81. The second-order valence-electron chi connectivity index (χ2n) is 3.50. The molecule has 0 fully saturated rings. The molecule has 2 nitrogen and oxygen atoms in total. The summed E-state index contributed by atoms with van der Waals surface area (Å²) in [5.41, 5.74) is 11.6. The Morgan fingerprint density at radius 2 is 1.31 bits per heavy atom. The van der Waals surface area contributed by atoms with Crippen LogP contribution in [0.4, 0.5) is 0 Å². The Balaban J connectivity index is 3.32. The van der Waals surface area contributed by atoms with E-state index in [0.717, 1.165) is 32.1 Å². The third kappa shape index (κ3) is 7.75. The minimum absolute atomic E-state index is 0.258. The molecule has 2 unspecified atom stereocenters. The van der Waals surface area contributed by atoms with E-state index in [1.165, 1.54) is 0 Å². The molecule has 0 radical (unpaired) electrons. The lowest BCUT2D eigenvalue weighted by atomic mass is 10.0. The molecule has 0 aromatic rings. The van der Waals surface area contributed by atoms with Crippen molar-refractivity contribution in [2.75, 3.05) is 0 Å². The Morgan fingerprint density at radius 3 is 1.62 bits per heavy atom. The van der Waals surface area contributed by atoms with Crippen molar-refractivity contribution >= 4 is 0 Å². The normalized spacial score (nSPS) is 14.9. The third-order valence-electron chi connectivity index (χ3n) is 2.09. The molecule has 4 N–H and O–H groups in total. The average molecular weight is 182 g/mol. The number of hydrogen-bond donors (Lipinski definition) is 2. The highest BCUT2D eigenvalue weighted by atomic mass is 14.6. The standard InChI is InChI=1S/C11H22N2/c1-3-6-10(12)8-5-9-11(13)7-4-2/h3-4,10-11H,1-2,5-9,12-13H2. The van der Waals surface area contributed by atoms with Crippen LogP contribution in [0.5, 0.6) is 0 Å². The van der Waals surface area contributed by atoms with Crippen molar-refractivity contribution in [3.8, 4) is 0 Å². The van der Waals surface area contributed by atoms with Gasteiger partial charge in [0.1, 0.15) is 0 Å². The Labute approximate surface area is 81.7 Å². The fourth-order valence-corrected chi connectivity index (χ4v) is 1.31. The molecule has 0 saturated carbocycles. The van der Waals surface area contributed by atoms with Crippen molar-refractivity contribution in [2.24, 2.45) is 11.5 Å². The lowest BCUT2D eigenvalue weighted by Gasteiger charge is -2.11. The first-order chi connectivity index (χ1) is 6.20.